The highest BCUT2D eigenvalue weighted by atomic mass is 16.5. The third-order valence-electron chi connectivity index (χ3n) is 4.17. The zero-order chi connectivity index (χ0) is 20.6. The number of hydrazine groups is 3. The molecule has 3 rings (SSSR count). The molecule has 0 radical (unpaired) electrons. The van der Waals surface area contributed by atoms with E-state index in [1.54, 1.807) is 18.3 Å². The summed E-state index contributed by atoms with van der Waals surface area (Å²) in [5.41, 5.74) is 16.1. The van der Waals surface area contributed by atoms with E-state index in [-0.39, 0.29) is 12.1 Å². The van der Waals surface area contributed by atoms with Crippen molar-refractivity contribution in [2.75, 3.05) is 41.6 Å². The van der Waals surface area contributed by atoms with Crippen LogP contribution in [0.2, 0.25) is 0 Å². The summed E-state index contributed by atoms with van der Waals surface area (Å²) < 4.78 is 11.5. The first kappa shape index (κ1) is 20.6. The molecule has 6 N–H and O–H groups in total. The van der Waals surface area contributed by atoms with Crippen LogP contribution in [0, 0.1) is 5.41 Å². The monoisotopic (exact) mass is 400 g/mol. The minimum Gasteiger partial charge on any atom is -0.489 e. The second kappa shape index (κ2) is 9.92. The molecule has 29 heavy (non-hydrogen) atoms. The van der Waals surface area contributed by atoms with Gasteiger partial charge in [-0.25, -0.2) is 9.99 Å². The molecule has 1 aromatic heterocycles. The van der Waals surface area contributed by atoms with E-state index in [0.717, 1.165) is 30.2 Å². The van der Waals surface area contributed by atoms with Crippen molar-refractivity contribution in [2.24, 2.45) is 5.73 Å². The van der Waals surface area contributed by atoms with Crippen LogP contribution in [-0.4, -0.2) is 43.4 Å². The number of hydrogen-bond acceptors (Lipinski definition) is 8. The Morgan fingerprint density at radius 2 is 2.07 bits per heavy atom. The normalized spacial score (nSPS) is 14.0. The third-order valence-corrected chi connectivity index (χ3v) is 4.17. The second-order valence-corrected chi connectivity index (χ2v) is 6.72. The van der Waals surface area contributed by atoms with Gasteiger partial charge in [-0.1, -0.05) is 6.07 Å². The fourth-order valence-corrected chi connectivity index (χ4v) is 2.89. The highest BCUT2D eigenvalue weighted by molar-refractivity contribution is 5.90. The van der Waals surface area contributed by atoms with E-state index in [2.05, 4.69) is 26.4 Å². The molecule has 156 valence electrons. The lowest BCUT2D eigenvalue weighted by atomic mass is 10.2. The summed E-state index contributed by atoms with van der Waals surface area (Å²) in [4.78, 5) is 6.43. The molecule has 0 spiro atoms. The molecule has 1 saturated heterocycles. The highest BCUT2D eigenvalue weighted by Crippen LogP contribution is 2.32. The predicted octanol–water partition coefficient (Wildman–Crippen LogP) is 1.44. The van der Waals surface area contributed by atoms with Crippen LogP contribution in [0.25, 0.3) is 0 Å². The van der Waals surface area contributed by atoms with Gasteiger partial charge in [0, 0.05) is 25.4 Å². The molecule has 2 heterocycles. The average Bonchev–Trinajstić information content (AvgIpc) is 2.72. The fraction of sp³-hybridized carbons (Fsp3) is 0.368. The highest BCUT2D eigenvalue weighted by Gasteiger charge is 2.17. The van der Waals surface area contributed by atoms with Gasteiger partial charge >= 0.3 is 0 Å². The number of nitrogens with two attached hydrogens (primary N) is 1. The van der Waals surface area contributed by atoms with E-state index in [0.29, 0.717) is 19.0 Å². The number of nitrogens with zero attached hydrogens (tertiary/aromatic N) is 3. The van der Waals surface area contributed by atoms with Crippen molar-refractivity contribution < 1.29 is 9.47 Å². The lowest BCUT2D eigenvalue weighted by Gasteiger charge is -2.31. The number of rotatable bonds is 8. The predicted molar refractivity (Wildman–Crippen MR) is 114 cm³/mol. The Balaban J connectivity index is 1.67. The van der Waals surface area contributed by atoms with Crippen molar-refractivity contribution in [3.8, 4) is 5.75 Å². The number of morpholine rings is 1. The summed E-state index contributed by atoms with van der Waals surface area (Å²) in [5.74, 6) is 1.08. The summed E-state index contributed by atoms with van der Waals surface area (Å²) >= 11 is 0. The van der Waals surface area contributed by atoms with Crippen LogP contribution in [0.4, 0.5) is 17.2 Å². The average molecular weight is 400 g/mol. The van der Waals surface area contributed by atoms with Crippen LogP contribution in [0.15, 0.2) is 42.6 Å². The quantitative estimate of drug-likeness (QED) is 0.254. The second-order valence-electron chi connectivity index (χ2n) is 6.72. The minimum atomic E-state index is -0.204. The number of benzene rings is 1. The van der Waals surface area contributed by atoms with Gasteiger partial charge in [-0.15, -0.1) is 5.53 Å². The van der Waals surface area contributed by atoms with Crippen LogP contribution in [0.5, 0.6) is 5.75 Å². The third kappa shape index (κ3) is 5.70. The molecule has 0 unspecified atom stereocenters. The van der Waals surface area contributed by atoms with Gasteiger partial charge in [-0.05, 0) is 38.1 Å². The van der Waals surface area contributed by atoms with Crippen molar-refractivity contribution in [1.29, 1.82) is 5.41 Å². The number of guanidine groups is 1. The van der Waals surface area contributed by atoms with Gasteiger partial charge < -0.3 is 25.5 Å². The summed E-state index contributed by atoms with van der Waals surface area (Å²) in [7, 11) is 0. The molecule has 0 amide bonds. The number of aromatic nitrogens is 1. The molecule has 0 saturated carbocycles. The van der Waals surface area contributed by atoms with Crippen molar-refractivity contribution in [2.45, 2.75) is 20.0 Å². The summed E-state index contributed by atoms with van der Waals surface area (Å²) in [6, 6.07) is 11.2. The van der Waals surface area contributed by atoms with Gasteiger partial charge in [-0.3, -0.25) is 5.41 Å². The van der Waals surface area contributed by atoms with E-state index in [9.17, 15) is 0 Å². The molecule has 0 aliphatic carbocycles. The molecule has 1 fully saturated rings. The molecule has 1 aliphatic heterocycles. The van der Waals surface area contributed by atoms with Gasteiger partial charge in [0.15, 0.2) is 5.82 Å². The lowest BCUT2D eigenvalue weighted by molar-refractivity contribution is 0.122. The number of nitrogens with one attached hydrogen (secondary N) is 4. The maximum Gasteiger partial charge on any atom is 0.210 e. The number of anilines is 3. The molecule has 10 nitrogen and oxygen atoms in total. The zero-order valence-electron chi connectivity index (χ0n) is 16.7. The molecule has 10 heteroatoms. The Morgan fingerprint density at radius 1 is 1.28 bits per heavy atom. The van der Waals surface area contributed by atoms with Gasteiger partial charge in [0.25, 0.3) is 0 Å². The Labute approximate surface area is 170 Å². The van der Waals surface area contributed by atoms with E-state index < -0.39 is 0 Å². The van der Waals surface area contributed by atoms with E-state index >= 15 is 0 Å². The fourth-order valence-electron chi connectivity index (χ4n) is 2.89. The maximum absolute atomic E-state index is 7.72. The standard InChI is InChI=1S/C19H28N8O2/c1-14(2)29-17-13-15(6-7-16(17)26-9-11-28-12-10-26)23-24-25-27(19(20)21)18-5-3-4-8-22-18/h3-8,13-14,23-25H,9-12H2,1-2H3,(H3,20,21). The first-order valence-electron chi connectivity index (χ1n) is 9.50. The Hall–Kier alpha value is -3.08. The lowest BCUT2D eigenvalue weighted by Crippen LogP contribution is -2.55. The zero-order valence-corrected chi connectivity index (χ0v) is 16.7. The van der Waals surface area contributed by atoms with Crippen LogP contribution in [-0.2, 0) is 4.74 Å². The minimum absolute atomic E-state index is 0.0495. The van der Waals surface area contributed by atoms with Crippen molar-refractivity contribution >= 4 is 23.2 Å². The topological polar surface area (TPSA) is 124 Å². The van der Waals surface area contributed by atoms with Crippen molar-refractivity contribution in [1.82, 2.24) is 16.1 Å². The maximum atomic E-state index is 7.72. The number of ether oxygens (including phenoxy) is 2. The Morgan fingerprint density at radius 3 is 2.72 bits per heavy atom. The first-order chi connectivity index (χ1) is 14.0. The van der Waals surface area contributed by atoms with Crippen molar-refractivity contribution in [3.63, 3.8) is 0 Å². The van der Waals surface area contributed by atoms with Gasteiger partial charge in [-0.2, -0.15) is 5.53 Å². The summed E-state index contributed by atoms with van der Waals surface area (Å²) in [5, 5.41) is 9.03. The van der Waals surface area contributed by atoms with Gasteiger partial charge in [0.2, 0.25) is 5.96 Å². The van der Waals surface area contributed by atoms with E-state index in [4.69, 9.17) is 20.6 Å². The smallest absolute Gasteiger partial charge is 0.210 e. The van der Waals surface area contributed by atoms with Crippen LogP contribution >= 0.6 is 0 Å². The van der Waals surface area contributed by atoms with Gasteiger partial charge in [0.1, 0.15) is 5.75 Å². The van der Waals surface area contributed by atoms with Crippen LogP contribution in [0.1, 0.15) is 13.8 Å². The van der Waals surface area contributed by atoms with E-state index in [1.165, 1.54) is 5.01 Å². The summed E-state index contributed by atoms with van der Waals surface area (Å²) in [6.07, 6.45) is 1.67. The molecular weight excluding hydrogens is 372 g/mol. The molecule has 2 aromatic rings. The van der Waals surface area contributed by atoms with Gasteiger partial charge in [0.05, 0.1) is 30.7 Å². The van der Waals surface area contributed by atoms with Crippen LogP contribution in [0.3, 0.4) is 0 Å². The van der Waals surface area contributed by atoms with Crippen LogP contribution < -0.4 is 36.9 Å². The van der Waals surface area contributed by atoms with Crippen molar-refractivity contribution in [3.05, 3.63) is 42.6 Å². The SMILES string of the molecule is CC(C)Oc1cc(NNNN(C(=N)N)c2ccccn2)ccc1N1CCOCC1. The molecule has 0 atom stereocenters. The molecule has 0 bridgehead atoms. The molecule has 1 aromatic carbocycles. The summed E-state index contributed by atoms with van der Waals surface area (Å²) in [6.45, 7) is 7.08. The Bertz CT molecular complexity index is 796. The Kier molecular flexibility index (Phi) is 7.06. The number of hydrogen-bond donors (Lipinski definition) is 5. The molecule has 1 aliphatic rings. The number of pyridine rings is 1. The first-order valence-corrected chi connectivity index (χ1v) is 9.50. The largest absolute Gasteiger partial charge is 0.489 e. The van der Waals surface area contributed by atoms with E-state index in [1.807, 2.05) is 38.1 Å². The molecular formula is C19H28N8O2.